The van der Waals surface area contributed by atoms with Gasteiger partial charge < -0.3 is 5.43 Å². The van der Waals surface area contributed by atoms with Gasteiger partial charge in [0.1, 0.15) is 12.1 Å². The number of rotatable bonds is 3. The van der Waals surface area contributed by atoms with Crippen LogP contribution in [0, 0.1) is 6.92 Å². The molecule has 0 amide bonds. The first-order valence-corrected chi connectivity index (χ1v) is 5.47. The minimum absolute atomic E-state index is 0.394. The van der Waals surface area contributed by atoms with Gasteiger partial charge in [-0.25, -0.2) is 20.5 Å². The van der Waals surface area contributed by atoms with E-state index in [1.165, 1.54) is 6.33 Å². The molecule has 3 N–H and O–H groups in total. The Balaban J connectivity index is 2.45. The van der Waals surface area contributed by atoms with Crippen molar-refractivity contribution in [1.29, 1.82) is 0 Å². The van der Waals surface area contributed by atoms with E-state index in [1.54, 1.807) is 4.68 Å². The van der Waals surface area contributed by atoms with E-state index in [-0.39, 0.29) is 0 Å². The largest absolute Gasteiger partial charge is 0.308 e. The Kier molecular flexibility index (Phi) is 3.06. The van der Waals surface area contributed by atoms with E-state index in [2.05, 4.69) is 34.3 Å². The number of hydrogen-bond acceptors (Lipinski definition) is 5. The minimum atomic E-state index is 0.394. The van der Waals surface area contributed by atoms with Crippen LogP contribution in [0.5, 0.6) is 0 Å². The van der Waals surface area contributed by atoms with Crippen LogP contribution >= 0.6 is 0 Å². The van der Waals surface area contributed by atoms with Crippen LogP contribution in [-0.2, 0) is 0 Å². The number of nitrogens with zero attached hydrogens (tertiary/aromatic N) is 4. The number of hydrogen-bond donors (Lipinski definition) is 2. The maximum Gasteiger partial charge on any atom is 0.161 e. The number of nitrogen functional groups attached to an aromatic ring is 1. The van der Waals surface area contributed by atoms with E-state index in [1.807, 2.05) is 19.2 Å². The molecule has 0 aliphatic heterocycles. The zero-order valence-electron chi connectivity index (χ0n) is 10.2. The van der Waals surface area contributed by atoms with E-state index in [4.69, 9.17) is 5.84 Å². The SMILES string of the molecule is Cc1c(NN)ncnc1-n1ccc(C(C)C)n1. The summed E-state index contributed by atoms with van der Waals surface area (Å²) in [5.74, 6) is 7.12. The lowest BCUT2D eigenvalue weighted by Crippen LogP contribution is -2.13. The van der Waals surface area contributed by atoms with Crippen molar-refractivity contribution in [3.05, 3.63) is 29.8 Å². The summed E-state index contributed by atoms with van der Waals surface area (Å²) in [7, 11) is 0. The molecule has 0 fully saturated rings. The molecule has 6 nitrogen and oxygen atoms in total. The first-order chi connectivity index (χ1) is 8.13. The van der Waals surface area contributed by atoms with Crippen molar-refractivity contribution in [3.63, 3.8) is 0 Å². The molecule has 0 bridgehead atoms. The van der Waals surface area contributed by atoms with E-state index in [9.17, 15) is 0 Å². The zero-order valence-corrected chi connectivity index (χ0v) is 10.2. The first-order valence-electron chi connectivity index (χ1n) is 5.47. The average Bonchev–Trinajstić information content (AvgIpc) is 2.78. The van der Waals surface area contributed by atoms with Gasteiger partial charge in [-0.3, -0.25) is 0 Å². The van der Waals surface area contributed by atoms with Crippen molar-refractivity contribution in [3.8, 4) is 5.82 Å². The number of hydrazine groups is 1. The molecule has 0 spiro atoms. The summed E-state index contributed by atoms with van der Waals surface area (Å²) in [6, 6.07) is 1.99. The lowest BCUT2D eigenvalue weighted by Gasteiger charge is -2.08. The summed E-state index contributed by atoms with van der Waals surface area (Å²) in [4.78, 5) is 8.26. The highest BCUT2D eigenvalue weighted by Crippen LogP contribution is 2.18. The summed E-state index contributed by atoms with van der Waals surface area (Å²) in [5.41, 5.74) is 4.44. The van der Waals surface area contributed by atoms with Crippen LogP contribution in [0.15, 0.2) is 18.6 Å². The molecule has 2 rings (SSSR count). The molecule has 0 saturated heterocycles. The molecular weight excluding hydrogens is 216 g/mol. The van der Waals surface area contributed by atoms with Crippen LogP contribution in [-0.4, -0.2) is 19.7 Å². The molecule has 0 unspecified atom stereocenters. The van der Waals surface area contributed by atoms with Crippen molar-refractivity contribution in [2.24, 2.45) is 5.84 Å². The van der Waals surface area contributed by atoms with Gasteiger partial charge in [0.2, 0.25) is 0 Å². The van der Waals surface area contributed by atoms with Crippen molar-refractivity contribution >= 4 is 5.82 Å². The van der Waals surface area contributed by atoms with E-state index in [0.29, 0.717) is 11.7 Å². The lowest BCUT2D eigenvalue weighted by atomic mass is 10.1. The van der Waals surface area contributed by atoms with Crippen LogP contribution in [0.4, 0.5) is 5.82 Å². The molecule has 0 atom stereocenters. The first kappa shape index (κ1) is 11.5. The number of aromatic nitrogens is 4. The normalized spacial score (nSPS) is 10.9. The molecule has 90 valence electrons. The molecule has 2 heterocycles. The van der Waals surface area contributed by atoms with Gasteiger partial charge in [-0.1, -0.05) is 13.8 Å². The second-order valence-electron chi connectivity index (χ2n) is 4.16. The fraction of sp³-hybridized carbons (Fsp3) is 0.364. The summed E-state index contributed by atoms with van der Waals surface area (Å²) >= 11 is 0. The van der Waals surface area contributed by atoms with Gasteiger partial charge in [0.15, 0.2) is 5.82 Å². The van der Waals surface area contributed by atoms with Crippen LogP contribution in [0.2, 0.25) is 0 Å². The van der Waals surface area contributed by atoms with Gasteiger partial charge >= 0.3 is 0 Å². The van der Waals surface area contributed by atoms with Gasteiger partial charge in [-0.2, -0.15) is 5.10 Å². The predicted octanol–water partition coefficient (Wildman–Crippen LogP) is 1.38. The maximum absolute atomic E-state index is 5.38. The number of nitrogens with two attached hydrogens (primary N) is 1. The monoisotopic (exact) mass is 232 g/mol. The molecule has 0 aliphatic carbocycles. The molecule has 17 heavy (non-hydrogen) atoms. The molecular formula is C11H16N6. The Morgan fingerprint density at radius 3 is 2.71 bits per heavy atom. The maximum atomic E-state index is 5.38. The van der Waals surface area contributed by atoms with Crippen molar-refractivity contribution in [2.45, 2.75) is 26.7 Å². The lowest BCUT2D eigenvalue weighted by molar-refractivity contribution is 0.752. The van der Waals surface area contributed by atoms with Gasteiger partial charge in [0, 0.05) is 11.8 Å². The minimum Gasteiger partial charge on any atom is -0.308 e. The quantitative estimate of drug-likeness (QED) is 0.617. The summed E-state index contributed by atoms with van der Waals surface area (Å²) in [6.07, 6.45) is 3.36. The third kappa shape index (κ3) is 2.12. The molecule has 0 aromatic carbocycles. The second kappa shape index (κ2) is 4.50. The van der Waals surface area contributed by atoms with Crippen molar-refractivity contribution in [1.82, 2.24) is 19.7 Å². The van der Waals surface area contributed by atoms with Crippen molar-refractivity contribution < 1.29 is 0 Å². The van der Waals surface area contributed by atoms with Gasteiger partial charge in [-0.05, 0) is 18.9 Å². The summed E-state index contributed by atoms with van der Waals surface area (Å²) < 4.78 is 1.74. The van der Waals surface area contributed by atoms with Crippen LogP contribution in [0.1, 0.15) is 31.0 Å². The molecule has 2 aromatic rings. The Labute approximate surface area is 99.9 Å². The zero-order chi connectivity index (χ0) is 12.4. The highest BCUT2D eigenvalue weighted by Gasteiger charge is 2.10. The Hall–Kier alpha value is -1.95. The van der Waals surface area contributed by atoms with Gasteiger partial charge in [-0.15, -0.1) is 0 Å². The molecule has 0 saturated carbocycles. The molecule has 2 aromatic heterocycles. The summed E-state index contributed by atoms with van der Waals surface area (Å²) in [6.45, 7) is 6.11. The number of nitrogens with one attached hydrogen (secondary N) is 1. The van der Waals surface area contributed by atoms with E-state index >= 15 is 0 Å². The van der Waals surface area contributed by atoms with Crippen LogP contribution in [0.25, 0.3) is 5.82 Å². The third-order valence-electron chi connectivity index (χ3n) is 2.61. The fourth-order valence-corrected chi connectivity index (χ4v) is 1.58. The highest BCUT2D eigenvalue weighted by atomic mass is 15.3. The van der Waals surface area contributed by atoms with Crippen LogP contribution in [0.3, 0.4) is 0 Å². The Bertz CT molecular complexity index is 516. The second-order valence-corrected chi connectivity index (χ2v) is 4.16. The molecule has 0 radical (unpaired) electrons. The van der Waals surface area contributed by atoms with E-state index in [0.717, 1.165) is 17.1 Å². The molecule has 0 aliphatic rings. The summed E-state index contributed by atoms with van der Waals surface area (Å²) in [5, 5.41) is 4.47. The van der Waals surface area contributed by atoms with E-state index < -0.39 is 0 Å². The smallest absolute Gasteiger partial charge is 0.161 e. The standard InChI is InChI=1S/C11H16N6/c1-7(2)9-4-5-17(16-9)11-8(3)10(15-12)13-6-14-11/h4-7H,12H2,1-3H3,(H,13,14,15). The van der Waals surface area contributed by atoms with Crippen molar-refractivity contribution in [2.75, 3.05) is 5.43 Å². The fourth-order valence-electron chi connectivity index (χ4n) is 1.58. The third-order valence-corrected chi connectivity index (χ3v) is 2.61. The molecule has 6 heteroatoms. The highest BCUT2D eigenvalue weighted by molar-refractivity contribution is 5.49. The predicted molar refractivity (Wildman–Crippen MR) is 65.8 cm³/mol. The Morgan fingerprint density at radius 2 is 2.12 bits per heavy atom. The van der Waals surface area contributed by atoms with Gasteiger partial charge in [0.05, 0.1) is 5.69 Å². The Morgan fingerprint density at radius 1 is 1.35 bits per heavy atom. The number of anilines is 1. The van der Waals surface area contributed by atoms with Gasteiger partial charge in [0.25, 0.3) is 0 Å². The topological polar surface area (TPSA) is 81.6 Å². The van der Waals surface area contributed by atoms with Crippen LogP contribution < -0.4 is 11.3 Å². The average molecular weight is 232 g/mol.